The molecule has 0 unspecified atom stereocenters. The number of nitrogens with one attached hydrogen (secondary N) is 2. The first kappa shape index (κ1) is 17.9. The molecular formula is C17H13BrClN7. The van der Waals surface area contributed by atoms with Gasteiger partial charge >= 0.3 is 0 Å². The molecule has 0 radical (unpaired) electrons. The Kier molecular flexibility index (Phi) is 5.21. The number of nitrogen functional groups attached to an aromatic ring is 1. The number of hydrogen-bond donors (Lipinski definition) is 3. The molecule has 0 aliphatic rings. The normalized spacial score (nSPS) is 10.2. The van der Waals surface area contributed by atoms with Crippen LogP contribution in [0.4, 0.5) is 29.2 Å². The van der Waals surface area contributed by atoms with E-state index in [4.69, 9.17) is 22.6 Å². The summed E-state index contributed by atoms with van der Waals surface area (Å²) < 4.78 is 0.879. The average Bonchev–Trinajstić information content (AvgIpc) is 2.58. The Hall–Kier alpha value is -2.89. The van der Waals surface area contributed by atoms with E-state index in [9.17, 15) is 0 Å². The van der Waals surface area contributed by atoms with Crippen LogP contribution < -0.4 is 16.4 Å². The van der Waals surface area contributed by atoms with Gasteiger partial charge in [0.25, 0.3) is 0 Å². The molecule has 7 nitrogen and oxygen atoms in total. The number of rotatable bonds is 4. The molecule has 3 aromatic rings. The van der Waals surface area contributed by atoms with Gasteiger partial charge in [-0.15, -0.1) is 0 Å². The van der Waals surface area contributed by atoms with E-state index < -0.39 is 0 Å². The number of nitrogens with two attached hydrogens (primary N) is 1. The Bertz CT molecular complexity index is 976. The van der Waals surface area contributed by atoms with Crippen molar-refractivity contribution in [3.8, 4) is 6.07 Å². The molecule has 0 atom stereocenters. The second-order valence-corrected chi connectivity index (χ2v) is 6.68. The summed E-state index contributed by atoms with van der Waals surface area (Å²) in [5.74, 6) is 0.598. The van der Waals surface area contributed by atoms with Crippen LogP contribution in [0, 0.1) is 18.3 Å². The predicted molar refractivity (Wildman–Crippen MR) is 106 cm³/mol. The minimum Gasteiger partial charge on any atom is -0.368 e. The second-order valence-electron chi connectivity index (χ2n) is 5.36. The third-order valence-corrected chi connectivity index (χ3v) is 4.17. The standard InChI is InChI=1S/C17H13BrClN7/c1-9-6-11(18)7-13(19)14(9)23-17-25-15(21)24-16(26-17)22-12-4-2-10(8-20)3-5-12/h2-7H,1H3,(H4,21,22,23,24,25,26). The fourth-order valence-electron chi connectivity index (χ4n) is 2.23. The van der Waals surface area contributed by atoms with E-state index in [0.717, 1.165) is 15.7 Å². The van der Waals surface area contributed by atoms with Crippen molar-refractivity contribution in [2.24, 2.45) is 0 Å². The first-order valence-electron chi connectivity index (χ1n) is 7.46. The third-order valence-electron chi connectivity index (χ3n) is 3.41. The smallest absolute Gasteiger partial charge is 0.233 e. The number of nitrogens with zero attached hydrogens (tertiary/aromatic N) is 4. The zero-order chi connectivity index (χ0) is 18.7. The molecule has 4 N–H and O–H groups in total. The molecule has 0 aliphatic heterocycles. The van der Waals surface area contributed by atoms with Crippen molar-refractivity contribution in [2.45, 2.75) is 6.92 Å². The van der Waals surface area contributed by atoms with Crippen molar-refractivity contribution in [3.05, 3.63) is 57.0 Å². The highest BCUT2D eigenvalue weighted by Gasteiger charge is 2.10. The molecule has 2 aromatic carbocycles. The molecule has 0 saturated carbocycles. The molecule has 1 heterocycles. The molecule has 0 spiro atoms. The fraction of sp³-hybridized carbons (Fsp3) is 0.0588. The zero-order valence-electron chi connectivity index (χ0n) is 13.6. The summed E-state index contributed by atoms with van der Waals surface area (Å²) in [7, 11) is 0. The van der Waals surface area contributed by atoms with Gasteiger partial charge in [-0.25, -0.2) is 0 Å². The molecule has 0 fully saturated rings. The molecule has 26 heavy (non-hydrogen) atoms. The van der Waals surface area contributed by atoms with E-state index >= 15 is 0 Å². The maximum Gasteiger partial charge on any atom is 0.233 e. The van der Waals surface area contributed by atoms with Gasteiger partial charge in [0.05, 0.1) is 22.3 Å². The lowest BCUT2D eigenvalue weighted by Gasteiger charge is -2.12. The van der Waals surface area contributed by atoms with Crippen molar-refractivity contribution in [3.63, 3.8) is 0 Å². The zero-order valence-corrected chi connectivity index (χ0v) is 15.9. The van der Waals surface area contributed by atoms with E-state index in [1.165, 1.54) is 0 Å². The summed E-state index contributed by atoms with van der Waals surface area (Å²) in [4.78, 5) is 12.5. The number of benzene rings is 2. The number of anilines is 5. The van der Waals surface area contributed by atoms with Gasteiger partial charge in [0.15, 0.2) is 0 Å². The van der Waals surface area contributed by atoms with Gasteiger partial charge in [-0.05, 0) is 48.9 Å². The van der Waals surface area contributed by atoms with E-state index in [-0.39, 0.29) is 17.8 Å². The Morgan fingerprint density at radius 1 is 1.08 bits per heavy atom. The first-order valence-corrected chi connectivity index (χ1v) is 8.63. The summed E-state index contributed by atoms with van der Waals surface area (Å²) in [6, 6.07) is 12.6. The quantitative estimate of drug-likeness (QED) is 0.557. The lowest BCUT2D eigenvalue weighted by atomic mass is 10.2. The number of halogens is 2. The number of aromatic nitrogens is 3. The molecule has 0 saturated heterocycles. The molecular weight excluding hydrogens is 418 g/mol. The van der Waals surface area contributed by atoms with Crippen molar-refractivity contribution < 1.29 is 0 Å². The number of nitriles is 1. The lowest BCUT2D eigenvalue weighted by molar-refractivity contribution is 1.07. The van der Waals surface area contributed by atoms with Crippen molar-refractivity contribution in [1.82, 2.24) is 15.0 Å². The summed E-state index contributed by atoms with van der Waals surface area (Å²) >= 11 is 9.69. The van der Waals surface area contributed by atoms with Gasteiger partial charge in [0.1, 0.15) is 0 Å². The maximum atomic E-state index is 8.85. The molecule has 130 valence electrons. The van der Waals surface area contributed by atoms with Crippen molar-refractivity contribution in [2.75, 3.05) is 16.4 Å². The van der Waals surface area contributed by atoms with Gasteiger partial charge in [-0.2, -0.15) is 20.2 Å². The minimum absolute atomic E-state index is 0.0598. The van der Waals surface area contributed by atoms with Gasteiger partial charge in [-0.3, -0.25) is 0 Å². The fourth-order valence-corrected chi connectivity index (χ4v) is 3.25. The number of aryl methyl sites for hydroxylation is 1. The molecule has 0 aliphatic carbocycles. The van der Waals surface area contributed by atoms with Crippen LogP contribution in [0.3, 0.4) is 0 Å². The number of hydrogen-bond acceptors (Lipinski definition) is 7. The molecule has 0 bridgehead atoms. The monoisotopic (exact) mass is 429 g/mol. The SMILES string of the molecule is Cc1cc(Br)cc(Cl)c1Nc1nc(N)nc(Nc2ccc(C#N)cc2)n1. The Morgan fingerprint density at radius 2 is 1.73 bits per heavy atom. The van der Waals surface area contributed by atoms with E-state index in [1.807, 2.05) is 13.0 Å². The van der Waals surface area contributed by atoms with Crippen molar-refractivity contribution >= 4 is 56.8 Å². The van der Waals surface area contributed by atoms with Gasteiger partial charge in [0, 0.05) is 10.2 Å². The highest BCUT2D eigenvalue weighted by atomic mass is 79.9. The topological polar surface area (TPSA) is 113 Å². The van der Waals surface area contributed by atoms with E-state index in [2.05, 4.69) is 47.6 Å². The van der Waals surface area contributed by atoms with E-state index in [0.29, 0.717) is 16.3 Å². The largest absolute Gasteiger partial charge is 0.368 e. The third kappa shape index (κ3) is 4.20. The van der Waals surface area contributed by atoms with Gasteiger partial charge < -0.3 is 16.4 Å². The molecule has 3 rings (SSSR count). The Labute approximate surface area is 163 Å². The van der Waals surface area contributed by atoms with Crippen LogP contribution in [0.25, 0.3) is 0 Å². The Balaban J connectivity index is 1.87. The van der Waals surface area contributed by atoms with Crippen LogP contribution in [0.1, 0.15) is 11.1 Å². The first-order chi connectivity index (χ1) is 12.4. The average molecular weight is 431 g/mol. The van der Waals surface area contributed by atoms with Crippen LogP contribution in [-0.4, -0.2) is 15.0 Å². The van der Waals surface area contributed by atoms with Crippen LogP contribution in [0.5, 0.6) is 0 Å². The van der Waals surface area contributed by atoms with Crippen LogP contribution in [0.15, 0.2) is 40.9 Å². The maximum absolute atomic E-state index is 8.85. The summed E-state index contributed by atoms with van der Waals surface area (Å²) in [6.45, 7) is 1.92. The summed E-state index contributed by atoms with van der Waals surface area (Å²) in [5.41, 5.74) is 8.68. The summed E-state index contributed by atoms with van der Waals surface area (Å²) in [6.07, 6.45) is 0. The van der Waals surface area contributed by atoms with Gasteiger partial charge in [0.2, 0.25) is 17.8 Å². The van der Waals surface area contributed by atoms with Crippen LogP contribution >= 0.6 is 27.5 Å². The second kappa shape index (κ2) is 7.56. The van der Waals surface area contributed by atoms with E-state index in [1.54, 1.807) is 30.3 Å². The van der Waals surface area contributed by atoms with Gasteiger partial charge in [-0.1, -0.05) is 27.5 Å². The van der Waals surface area contributed by atoms with Crippen molar-refractivity contribution in [1.29, 1.82) is 5.26 Å². The highest BCUT2D eigenvalue weighted by Crippen LogP contribution is 2.31. The van der Waals surface area contributed by atoms with Crippen LogP contribution in [-0.2, 0) is 0 Å². The summed E-state index contributed by atoms with van der Waals surface area (Å²) in [5, 5.41) is 15.5. The Morgan fingerprint density at radius 3 is 2.35 bits per heavy atom. The molecule has 9 heteroatoms. The molecule has 0 amide bonds. The minimum atomic E-state index is 0.0598. The molecule has 1 aromatic heterocycles. The predicted octanol–water partition coefficient (Wildman–Crippen LogP) is 4.54. The highest BCUT2D eigenvalue weighted by molar-refractivity contribution is 9.10. The van der Waals surface area contributed by atoms with Crippen LogP contribution in [0.2, 0.25) is 5.02 Å². The lowest BCUT2D eigenvalue weighted by Crippen LogP contribution is -2.07.